The van der Waals surface area contributed by atoms with E-state index in [4.69, 9.17) is 17.2 Å². The minimum Gasteiger partial charge on any atom is -0.480 e. The third-order valence-corrected chi connectivity index (χ3v) is 12.6. The fraction of sp³-hybridized carbons (Fsp3) is 0.636. The molecule has 10 atom stereocenters. The molecular formula is C44H71N15O15S2. The van der Waals surface area contributed by atoms with Crippen molar-refractivity contribution >= 4 is 101 Å². The smallest absolute Gasteiger partial charge is 0.326 e. The van der Waals surface area contributed by atoms with Crippen LogP contribution in [0.15, 0.2) is 12.5 Å². The number of imidazole rings is 1. The number of aromatic nitrogens is 2. The van der Waals surface area contributed by atoms with Gasteiger partial charge in [-0.25, -0.2) is 9.78 Å². The Morgan fingerprint density at radius 2 is 1.34 bits per heavy atom. The van der Waals surface area contributed by atoms with Crippen molar-refractivity contribution in [1.29, 1.82) is 0 Å². The fourth-order valence-electron chi connectivity index (χ4n) is 7.25. The van der Waals surface area contributed by atoms with E-state index < -0.39 is 163 Å². The van der Waals surface area contributed by atoms with Gasteiger partial charge in [-0.1, -0.05) is 13.8 Å². The van der Waals surface area contributed by atoms with E-state index in [1.165, 1.54) is 38.1 Å². The van der Waals surface area contributed by atoms with Gasteiger partial charge in [0, 0.05) is 37.0 Å². The van der Waals surface area contributed by atoms with Gasteiger partial charge >= 0.3 is 5.97 Å². The van der Waals surface area contributed by atoms with Gasteiger partial charge in [0.05, 0.1) is 31.9 Å². The third kappa shape index (κ3) is 21.7. The molecule has 0 spiro atoms. The summed E-state index contributed by atoms with van der Waals surface area (Å²) < 4.78 is 0. The molecule has 0 aromatic carbocycles. The van der Waals surface area contributed by atoms with E-state index in [9.17, 15) is 72.5 Å². The number of rotatable bonds is 33. The van der Waals surface area contributed by atoms with E-state index in [-0.39, 0.29) is 44.4 Å². The second-order valence-electron chi connectivity index (χ2n) is 18.0. The molecule has 76 heavy (non-hydrogen) atoms. The number of carbonyl (C=O) groups excluding carboxylic acids is 12. The molecular weight excluding hydrogens is 1040 g/mol. The summed E-state index contributed by atoms with van der Waals surface area (Å²) in [5, 5.41) is 40.9. The molecule has 0 saturated carbocycles. The molecule has 1 saturated heterocycles. The molecule has 12 amide bonds. The predicted molar refractivity (Wildman–Crippen MR) is 273 cm³/mol. The molecule has 32 heteroatoms. The van der Waals surface area contributed by atoms with Crippen LogP contribution in [0.1, 0.15) is 71.9 Å². The normalized spacial score (nSPS) is 16.6. The van der Waals surface area contributed by atoms with Crippen LogP contribution in [0.4, 0.5) is 0 Å². The first-order valence-electron chi connectivity index (χ1n) is 24.0. The number of nitrogens with one attached hydrogen (secondary N) is 10. The molecule has 1 aromatic rings. The number of primary amides is 2. The van der Waals surface area contributed by atoms with Crippen molar-refractivity contribution in [2.75, 3.05) is 37.5 Å². The number of hydrogen-bond donors (Lipinski definition) is 16. The SMILES string of the molecule is CSCC[C@H](N)C(=O)NCC(=O)N[C@@H](CO)C(=O)N[C@H](C(=O)N[C@@H](C)C(=O)N[C@@H](Cc1cnc[nH]1)C(=O)N[C@@H](C)C(=O)N[C@@H](CS)C(=O)N[C@@H](CC(N)=O)C(=O)N1CCC[C@H]1C(=O)N[C@@H](CCC(N)=O)C(=O)O)C(C)C. The van der Waals surface area contributed by atoms with Crippen molar-refractivity contribution < 1.29 is 72.5 Å². The molecule has 0 unspecified atom stereocenters. The lowest BCUT2D eigenvalue weighted by atomic mass is 10.0. The number of likely N-dealkylation sites (tertiary alicyclic amines) is 1. The average molecular weight is 1110 g/mol. The fourth-order valence-corrected chi connectivity index (χ4v) is 8.00. The lowest BCUT2D eigenvalue weighted by Gasteiger charge is -2.30. The molecule has 18 N–H and O–H groups in total. The van der Waals surface area contributed by atoms with Gasteiger partial charge in [-0.05, 0) is 57.5 Å². The van der Waals surface area contributed by atoms with Crippen LogP contribution in [0.5, 0.6) is 0 Å². The monoisotopic (exact) mass is 1110 g/mol. The Balaban J connectivity index is 2.13. The predicted octanol–water partition coefficient (Wildman–Crippen LogP) is -7.14. The summed E-state index contributed by atoms with van der Waals surface area (Å²) in [5.74, 6) is -12.5. The number of aliphatic hydroxyl groups is 1. The van der Waals surface area contributed by atoms with Crippen molar-refractivity contribution in [3.8, 4) is 0 Å². The Bertz CT molecular complexity index is 2240. The van der Waals surface area contributed by atoms with Gasteiger partial charge < -0.3 is 85.1 Å². The van der Waals surface area contributed by atoms with Crippen LogP contribution in [0.3, 0.4) is 0 Å². The summed E-state index contributed by atoms with van der Waals surface area (Å²) in [4.78, 5) is 175. The van der Waals surface area contributed by atoms with Crippen LogP contribution < -0.4 is 65.1 Å². The van der Waals surface area contributed by atoms with Crippen molar-refractivity contribution in [1.82, 2.24) is 62.7 Å². The number of carboxylic acid groups (broad SMARTS) is 1. The van der Waals surface area contributed by atoms with Gasteiger partial charge in [0.15, 0.2) is 0 Å². The van der Waals surface area contributed by atoms with Crippen LogP contribution in [0, 0.1) is 5.92 Å². The third-order valence-electron chi connectivity index (χ3n) is 11.6. The highest BCUT2D eigenvalue weighted by atomic mass is 32.2. The van der Waals surface area contributed by atoms with Gasteiger partial charge in [0.1, 0.15) is 54.4 Å². The maximum Gasteiger partial charge on any atom is 0.326 e. The average Bonchev–Trinajstić information content (AvgIpc) is 4.08. The van der Waals surface area contributed by atoms with Crippen LogP contribution in [0.25, 0.3) is 0 Å². The van der Waals surface area contributed by atoms with Crippen LogP contribution >= 0.6 is 24.4 Å². The summed E-state index contributed by atoms with van der Waals surface area (Å²) in [5.41, 5.74) is 16.7. The summed E-state index contributed by atoms with van der Waals surface area (Å²) in [6.45, 7) is 4.20. The Labute approximate surface area is 447 Å². The molecule has 424 valence electrons. The van der Waals surface area contributed by atoms with Crippen molar-refractivity contribution in [2.45, 2.75) is 133 Å². The second kappa shape index (κ2) is 32.4. The number of carbonyl (C=O) groups is 13. The van der Waals surface area contributed by atoms with E-state index in [1.54, 1.807) is 13.8 Å². The number of thiol groups is 1. The topological polar surface area (TPSA) is 481 Å². The highest BCUT2D eigenvalue weighted by Gasteiger charge is 2.40. The summed E-state index contributed by atoms with van der Waals surface area (Å²) in [6.07, 6.45) is 3.57. The largest absolute Gasteiger partial charge is 0.480 e. The van der Waals surface area contributed by atoms with Gasteiger partial charge in [-0.15, -0.1) is 0 Å². The summed E-state index contributed by atoms with van der Waals surface area (Å²) >= 11 is 5.63. The van der Waals surface area contributed by atoms with Crippen LogP contribution in [-0.4, -0.2) is 200 Å². The number of hydrogen-bond acceptors (Lipinski definition) is 18. The molecule has 1 aromatic heterocycles. The number of nitrogens with two attached hydrogens (primary N) is 3. The highest BCUT2D eigenvalue weighted by Crippen LogP contribution is 2.20. The van der Waals surface area contributed by atoms with Crippen LogP contribution in [0.2, 0.25) is 0 Å². The van der Waals surface area contributed by atoms with Crippen molar-refractivity contribution in [2.24, 2.45) is 23.1 Å². The summed E-state index contributed by atoms with van der Waals surface area (Å²) in [7, 11) is 0. The Morgan fingerprint density at radius 3 is 1.88 bits per heavy atom. The van der Waals surface area contributed by atoms with E-state index in [1.807, 2.05) is 6.26 Å². The van der Waals surface area contributed by atoms with Crippen molar-refractivity contribution in [3.63, 3.8) is 0 Å². The van der Waals surface area contributed by atoms with E-state index >= 15 is 0 Å². The molecule has 2 heterocycles. The minimum absolute atomic E-state index is 0.0321. The number of aromatic amines is 1. The van der Waals surface area contributed by atoms with E-state index in [0.29, 0.717) is 17.9 Å². The number of H-pyrrole nitrogens is 1. The first-order valence-corrected chi connectivity index (χ1v) is 26.0. The lowest BCUT2D eigenvalue weighted by Crippen LogP contribution is -2.61. The first kappa shape index (κ1) is 65.1. The maximum absolute atomic E-state index is 13.8. The second-order valence-corrected chi connectivity index (χ2v) is 19.4. The quantitative estimate of drug-likeness (QED) is 0.0291. The zero-order chi connectivity index (χ0) is 57.4. The number of nitrogens with zero attached hydrogens (tertiary/aromatic N) is 2. The number of thioether (sulfide) groups is 1. The van der Waals surface area contributed by atoms with Gasteiger partial charge in [0.25, 0.3) is 0 Å². The number of carboxylic acids is 1. The number of aliphatic hydroxyl groups excluding tert-OH is 1. The molecule has 30 nitrogen and oxygen atoms in total. The summed E-state index contributed by atoms with van der Waals surface area (Å²) in [6, 6.07) is -13.9. The number of amides is 12. The Hall–Kier alpha value is -7.06. The van der Waals surface area contributed by atoms with E-state index in [0.717, 1.165) is 4.90 Å². The van der Waals surface area contributed by atoms with Crippen molar-refractivity contribution in [3.05, 3.63) is 18.2 Å². The molecule has 0 bridgehead atoms. The molecule has 2 rings (SSSR count). The standard InChI is InChI=1S/C44H71N15O15S2/c1-20(2)34(58-39(68)28(17-60)53-33(63)16-49-37(66)24(45)10-12-76-5)42(71)52-22(4)35(64)55-26(13-23-15-48-19-50-23)38(67)51-21(3)36(65)57-29(18-75)40(69)56-27(14-32(47)62)43(72)59-11-6-7-30(59)41(70)54-25(44(73)74)8-9-31(46)61/h15,19-22,24-30,34,60,75H,6-14,16-18,45H2,1-5H3,(H2,46,61)(H2,47,62)(H,48,50)(H,49,66)(H,51,67)(H,52,71)(H,53,63)(H,54,70)(H,55,64)(H,56,69)(H,57,65)(H,58,68)(H,73,74)/t21-,22-,24-,25-,26-,27-,28-,29-,30-,34-/m0/s1. The maximum atomic E-state index is 13.8. The number of aliphatic carboxylic acids is 1. The van der Waals surface area contributed by atoms with E-state index in [2.05, 4.69) is 70.4 Å². The first-order chi connectivity index (χ1) is 35.7. The Kier molecular flexibility index (Phi) is 27.7. The molecule has 1 fully saturated rings. The highest BCUT2D eigenvalue weighted by molar-refractivity contribution is 7.98. The van der Waals surface area contributed by atoms with Gasteiger partial charge in [0.2, 0.25) is 70.9 Å². The zero-order valence-electron chi connectivity index (χ0n) is 42.7. The molecule has 1 aliphatic rings. The van der Waals surface area contributed by atoms with Gasteiger partial charge in [-0.3, -0.25) is 57.5 Å². The molecule has 0 radical (unpaired) electrons. The zero-order valence-corrected chi connectivity index (χ0v) is 44.4. The van der Waals surface area contributed by atoms with Crippen LogP contribution in [-0.2, 0) is 68.7 Å². The lowest BCUT2D eigenvalue weighted by molar-refractivity contribution is -0.145. The minimum atomic E-state index is -1.67. The Morgan fingerprint density at radius 1 is 0.750 bits per heavy atom. The van der Waals surface area contributed by atoms with Gasteiger partial charge in [-0.2, -0.15) is 24.4 Å². The molecule has 1 aliphatic heterocycles. The molecule has 0 aliphatic carbocycles.